The second-order valence-corrected chi connectivity index (χ2v) is 4.69. The highest BCUT2D eigenvalue weighted by Crippen LogP contribution is 2.11. The predicted octanol–water partition coefficient (Wildman–Crippen LogP) is 0.204. The fourth-order valence-electron chi connectivity index (χ4n) is 2.22. The summed E-state index contributed by atoms with van der Waals surface area (Å²) in [6.07, 6.45) is 2.77. The highest BCUT2D eigenvalue weighted by Gasteiger charge is 2.19. The lowest BCUT2D eigenvalue weighted by molar-refractivity contribution is -0.130. The largest absolute Gasteiger partial charge is 0.345 e. The number of aromatic nitrogens is 1. The first kappa shape index (κ1) is 13.0. The topological polar surface area (TPSA) is 62.5 Å². The second kappa shape index (κ2) is 5.93. The maximum Gasteiger partial charge on any atom is 0.236 e. The van der Waals surface area contributed by atoms with E-state index >= 15 is 0 Å². The summed E-state index contributed by atoms with van der Waals surface area (Å²) in [5.74, 6) is 0.186. The van der Waals surface area contributed by atoms with E-state index < -0.39 is 0 Å². The Labute approximate surface area is 108 Å². The lowest BCUT2D eigenvalue weighted by Crippen LogP contribution is -2.34. The Morgan fingerprint density at radius 1 is 1.44 bits per heavy atom. The molecule has 0 aromatic carbocycles. The number of rotatable bonds is 3. The zero-order chi connectivity index (χ0) is 13.0. The average molecular weight is 248 g/mol. The third-order valence-corrected chi connectivity index (χ3v) is 3.32. The smallest absolute Gasteiger partial charge is 0.236 e. The van der Waals surface area contributed by atoms with Gasteiger partial charge in [-0.1, -0.05) is 6.07 Å². The van der Waals surface area contributed by atoms with Crippen LogP contribution in [0.25, 0.3) is 0 Å². The Kier molecular flexibility index (Phi) is 4.28. The Morgan fingerprint density at radius 3 is 3.06 bits per heavy atom. The number of hydrogen-bond acceptors (Lipinski definition) is 4. The van der Waals surface area contributed by atoms with E-state index in [4.69, 9.17) is 5.73 Å². The van der Waals surface area contributed by atoms with Crippen molar-refractivity contribution in [2.24, 2.45) is 5.73 Å². The first-order valence-electron chi connectivity index (χ1n) is 6.30. The van der Waals surface area contributed by atoms with E-state index in [0.717, 1.165) is 37.3 Å². The molecule has 1 saturated heterocycles. The molecule has 5 heteroatoms. The maximum atomic E-state index is 11.8. The molecule has 0 unspecified atom stereocenters. The maximum absolute atomic E-state index is 11.8. The van der Waals surface area contributed by atoms with Crippen LogP contribution in [0.2, 0.25) is 0 Å². The van der Waals surface area contributed by atoms with Crippen molar-refractivity contribution in [1.82, 2.24) is 14.8 Å². The summed E-state index contributed by atoms with van der Waals surface area (Å²) in [7, 11) is 1.86. The van der Waals surface area contributed by atoms with Crippen molar-refractivity contribution in [3.63, 3.8) is 0 Å². The molecule has 1 aromatic heterocycles. The number of amides is 1. The molecule has 1 aliphatic rings. The first-order valence-corrected chi connectivity index (χ1v) is 6.30. The molecule has 1 fully saturated rings. The Hall–Kier alpha value is -1.46. The first-order chi connectivity index (χ1) is 8.70. The van der Waals surface area contributed by atoms with Gasteiger partial charge in [-0.3, -0.25) is 14.7 Å². The van der Waals surface area contributed by atoms with Crippen LogP contribution in [0.15, 0.2) is 18.3 Å². The van der Waals surface area contributed by atoms with Crippen molar-refractivity contribution in [3.05, 3.63) is 29.6 Å². The summed E-state index contributed by atoms with van der Waals surface area (Å²) < 4.78 is 0. The van der Waals surface area contributed by atoms with Gasteiger partial charge in [0.15, 0.2) is 0 Å². The van der Waals surface area contributed by atoms with Crippen LogP contribution in [0.4, 0.5) is 0 Å². The Bertz CT molecular complexity index is 421. The molecule has 2 heterocycles. The van der Waals surface area contributed by atoms with E-state index in [2.05, 4.69) is 9.88 Å². The number of pyridine rings is 1. The van der Waals surface area contributed by atoms with Crippen LogP contribution in [-0.4, -0.2) is 47.4 Å². The minimum absolute atomic E-state index is 0.186. The van der Waals surface area contributed by atoms with Gasteiger partial charge in [-0.2, -0.15) is 0 Å². The molecular formula is C13H20N4O. The summed E-state index contributed by atoms with van der Waals surface area (Å²) in [5.41, 5.74) is 7.72. The van der Waals surface area contributed by atoms with Gasteiger partial charge in [0.25, 0.3) is 0 Å². The monoisotopic (exact) mass is 248 g/mol. The van der Waals surface area contributed by atoms with Gasteiger partial charge in [-0.25, -0.2) is 0 Å². The number of nitrogens with two attached hydrogens (primary N) is 1. The van der Waals surface area contributed by atoms with Crippen LogP contribution in [0.5, 0.6) is 0 Å². The standard InChI is InChI=1S/C13H20N4O/c1-16-6-3-7-17(10-13(16)18)9-11-4-2-5-15-12(11)8-14/h2,4-5H,3,6-10,14H2,1H3. The predicted molar refractivity (Wildman–Crippen MR) is 69.7 cm³/mol. The molecule has 0 atom stereocenters. The number of likely N-dealkylation sites (N-methyl/N-ethyl adjacent to an activating group) is 1. The van der Waals surface area contributed by atoms with Gasteiger partial charge in [0.1, 0.15) is 0 Å². The van der Waals surface area contributed by atoms with Crippen LogP contribution < -0.4 is 5.73 Å². The zero-order valence-electron chi connectivity index (χ0n) is 10.8. The van der Waals surface area contributed by atoms with Crippen molar-refractivity contribution < 1.29 is 4.79 Å². The van der Waals surface area contributed by atoms with Crippen LogP contribution in [0, 0.1) is 0 Å². The quantitative estimate of drug-likeness (QED) is 0.830. The fourth-order valence-corrected chi connectivity index (χ4v) is 2.22. The molecule has 5 nitrogen and oxygen atoms in total. The zero-order valence-corrected chi connectivity index (χ0v) is 10.8. The molecule has 18 heavy (non-hydrogen) atoms. The van der Waals surface area contributed by atoms with Gasteiger partial charge in [0, 0.05) is 39.4 Å². The summed E-state index contributed by atoms with van der Waals surface area (Å²) in [4.78, 5) is 20.1. The average Bonchev–Trinajstić information content (AvgIpc) is 2.53. The fraction of sp³-hybridized carbons (Fsp3) is 0.538. The van der Waals surface area contributed by atoms with Crippen molar-refractivity contribution in [3.8, 4) is 0 Å². The molecule has 0 radical (unpaired) electrons. The molecule has 0 saturated carbocycles. The van der Waals surface area contributed by atoms with E-state index in [-0.39, 0.29) is 5.91 Å². The minimum Gasteiger partial charge on any atom is -0.345 e. The van der Waals surface area contributed by atoms with Gasteiger partial charge in [0.2, 0.25) is 5.91 Å². The minimum atomic E-state index is 0.186. The van der Waals surface area contributed by atoms with Crippen LogP contribution in [-0.2, 0) is 17.9 Å². The molecule has 0 bridgehead atoms. The van der Waals surface area contributed by atoms with Crippen molar-refractivity contribution in [2.75, 3.05) is 26.7 Å². The van der Waals surface area contributed by atoms with Crippen LogP contribution in [0.1, 0.15) is 17.7 Å². The third-order valence-electron chi connectivity index (χ3n) is 3.32. The van der Waals surface area contributed by atoms with E-state index in [1.165, 1.54) is 0 Å². The van der Waals surface area contributed by atoms with E-state index in [1.54, 1.807) is 11.1 Å². The number of nitrogens with zero attached hydrogens (tertiary/aromatic N) is 3. The summed E-state index contributed by atoms with van der Waals surface area (Å²) >= 11 is 0. The summed E-state index contributed by atoms with van der Waals surface area (Å²) in [6.45, 7) is 3.45. The molecule has 2 rings (SSSR count). The molecule has 1 amide bonds. The lowest BCUT2D eigenvalue weighted by Gasteiger charge is -2.20. The highest BCUT2D eigenvalue weighted by atomic mass is 16.2. The second-order valence-electron chi connectivity index (χ2n) is 4.69. The SMILES string of the molecule is CN1CCCN(Cc2cccnc2CN)CC1=O. The van der Waals surface area contributed by atoms with Gasteiger partial charge in [0.05, 0.1) is 12.2 Å². The molecule has 2 N–H and O–H groups in total. The lowest BCUT2D eigenvalue weighted by atomic mass is 10.1. The highest BCUT2D eigenvalue weighted by molar-refractivity contribution is 5.78. The van der Waals surface area contributed by atoms with Gasteiger partial charge < -0.3 is 10.6 Å². The number of hydrogen-bond donors (Lipinski definition) is 1. The van der Waals surface area contributed by atoms with Gasteiger partial charge in [-0.05, 0) is 18.1 Å². The molecule has 1 aromatic rings. The molecule has 0 spiro atoms. The van der Waals surface area contributed by atoms with Crippen LogP contribution in [0.3, 0.4) is 0 Å². The Morgan fingerprint density at radius 2 is 2.28 bits per heavy atom. The van der Waals surface area contributed by atoms with E-state index in [9.17, 15) is 4.79 Å². The van der Waals surface area contributed by atoms with E-state index in [0.29, 0.717) is 13.1 Å². The molecule has 1 aliphatic heterocycles. The number of carbonyl (C=O) groups is 1. The summed E-state index contributed by atoms with van der Waals surface area (Å²) in [5, 5.41) is 0. The molecule has 0 aliphatic carbocycles. The van der Waals surface area contributed by atoms with Crippen molar-refractivity contribution in [1.29, 1.82) is 0 Å². The normalized spacial score (nSPS) is 17.9. The van der Waals surface area contributed by atoms with Crippen molar-refractivity contribution >= 4 is 5.91 Å². The van der Waals surface area contributed by atoms with Crippen molar-refractivity contribution in [2.45, 2.75) is 19.5 Å². The van der Waals surface area contributed by atoms with E-state index in [1.807, 2.05) is 19.2 Å². The van der Waals surface area contributed by atoms with Crippen LogP contribution >= 0.6 is 0 Å². The summed E-state index contributed by atoms with van der Waals surface area (Å²) in [6, 6.07) is 3.95. The third kappa shape index (κ3) is 3.05. The molecular weight excluding hydrogens is 228 g/mol. The van der Waals surface area contributed by atoms with Gasteiger partial charge >= 0.3 is 0 Å². The van der Waals surface area contributed by atoms with Gasteiger partial charge in [-0.15, -0.1) is 0 Å². The number of carbonyl (C=O) groups excluding carboxylic acids is 1. The Balaban J connectivity index is 2.06. The molecule has 98 valence electrons.